The molecule has 0 bridgehead atoms. The molecule has 2 aromatic rings. The fourth-order valence-electron chi connectivity index (χ4n) is 3.63. The molecule has 0 N–H and O–H groups in total. The number of piperidine rings is 1. The first-order valence-electron chi connectivity index (χ1n) is 10.8. The molecule has 31 heavy (non-hydrogen) atoms. The summed E-state index contributed by atoms with van der Waals surface area (Å²) < 4.78 is 5.72. The average Bonchev–Trinajstić information content (AvgIpc) is 3.23. The Hall–Kier alpha value is -2.12. The van der Waals surface area contributed by atoms with Gasteiger partial charge in [-0.25, -0.2) is 4.98 Å². The molecule has 1 aliphatic heterocycles. The van der Waals surface area contributed by atoms with Gasteiger partial charge in [-0.3, -0.25) is 9.59 Å². The van der Waals surface area contributed by atoms with Crippen molar-refractivity contribution in [3.05, 3.63) is 45.4 Å². The summed E-state index contributed by atoms with van der Waals surface area (Å²) in [5, 5.41) is 3.41. The topological polar surface area (TPSA) is 62.7 Å². The SMILES string of the molecule is CCCCN(C)C(=O)C1CCN(C(=O)Cc2csc(COc3ccc(Cl)cc3)n2)CC1. The minimum atomic E-state index is 0.0294. The summed E-state index contributed by atoms with van der Waals surface area (Å²) in [6.45, 7) is 4.56. The molecular formula is C23H30ClN3O3S. The number of likely N-dealkylation sites (tertiary alicyclic amines) is 1. The second kappa shape index (κ2) is 11.5. The molecule has 1 saturated heterocycles. The molecular weight excluding hydrogens is 434 g/mol. The smallest absolute Gasteiger partial charge is 0.228 e. The van der Waals surface area contributed by atoms with E-state index >= 15 is 0 Å². The van der Waals surface area contributed by atoms with Gasteiger partial charge in [0.2, 0.25) is 11.8 Å². The lowest BCUT2D eigenvalue weighted by molar-refractivity contribution is -0.139. The number of carbonyl (C=O) groups excluding carboxylic acids is 2. The summed E-state index contributed by atoms with van der Waals surface area (Å²) in [7, 11) is 1.88. The lowest BCUT2D eigenvalue weighted by Gasteiger charge is -2.33. The first kappa shape index (κ1) is 23.5. The highest BCUT2D eigenvalue weighted by molar-refractivity contribution is 7.09. The Morgan fingerprint density at radius 3 is 2.65 bits per heavy atom. The third kappa shape index (κ3) is 6.94. The first-order chi connectivity index (χ1) is 15.0. The normalized spacial score (nSPS) is 14.5. The second-order valence-electron chi connectivity index (χ2n) is 7.92. The predicted octanol–water partition coefficient (Wildman–Crippen LogP) is 4.42. The van der Waals surface area contributed by atoms with Crippen LogP contribution < -0.4 is 4.74 Å². The monoisotopic (exact) mass is 463 g/mol. The van der Waals surface area contributed by atoms with Crippen molar-refractivity contribution in [2.24, 2.45) is 5.92 Å². The van der Waals surface area contributed by atoms with Crippen LogP contribution in [0, 0.1) is 5.92 Å². The van der Waals surface area contributed by atoms with Gasteiger partial charge in [-0.1, -0.05) is 24.9 Å². The van der Waals surface area contributed by atoms with Gasteiger partial charge in [-0.05, 0) is 43.5 Å². The standard InChI is InChI=1S/C23H30ClN3O3S/c1-3-4-11-26(2)23(29)17-9-12-27(13-10-17)22(28)14-19-16-31-21(25-19)15-30-20-7-5-18(24)6-8-20/h5-8,16-17H,3-4,9-15H2,1-2H3. The number of rotatable bonds is 9. The first-order valence-corrected chi connectivity index (χ1v) is 12.1. The molecule has 0 atom stereocenters. The molecule has 0 aliphatic carbocycles. The van der Waals surface area contributed by atoms with Gasteiger partial charge in [0.05, 0.1) is 12.1 Å². The van der Waals surface area contributed by atoms with Gasteiger partial charge in [0, 0.05) is 43.0 Å². The lowest BCUT2D eigenvalue weighted by Crippen LogP contribution is -2.44. The molecule has 0 saturated carbocycles. The largest absolute Gasteiger partial charge is 0.486 e. The molecule has 0 unspecified atom stereocenters. The molecule has 168 valence electrons. The van der Waals surface area contributed by atoms with Crippen molar-refractivity contribution in [2.75, 3.05) is 26.7 Å². The number of carbonyl (C=O) groups is 2. The number of hydrogen-bond acceptors (Lipinski definition) is 5. The Kier molecular flexibility index (Phi) is 8.72. The van der Waals surface area contributed by atoms with Gasteiger partial charge in [0.15, 0.2) is 0 Å². The van der Waals surface area contributed by atoms with Crippen LogP contribution in [0.4, 0.5) is 0 Å². The number of aromatic nitrogens is 1. The molecule has 6 nitrogen and oxygen atoms in total. The van der Waals surface area contributed by atoms with Crippen LogP contribution in [-0.2, 0) is 22.6 Å². The van der Waals surface area contributed by atoms with Gasteiger partial charge in [-0.15, -0.1) is 11.3 Å². The summed E-state index contributed by atoms with van der Waals surface area (Å²) in [6.07, 6.45) is 3.86. The van der Waals surface area contributed by atoms with E-state index in [0.717, 1.165) is 48.7 Å². The van der Waals surface area contributed by atoms with Crippen molar-refractivity contribution in [2.45, 2.75) is 45.6 Å². The summed E-state index contributed by atoms with van der Waals surface area (Å²) >= 11 is 7.37. The number of benzene rings is 1. The Morgan fingerprint density at radius 2 is 1.97 bits per heavy atom. The van der Waals surface area contributed by atoms with E-state index in [1.54, 1.807) is 12.1 Å². The van der Waals surface area contributed by atoms with Crippen molar-refractivity contribution in [1.29, 1.82) is 0 Å². The van der Waals surface area contributed by atoms with Crippen LogP contribution in [0.2, 0.25) is 5.02 Å². The number of thiazole rings is 1. The van der Waals surface area contributed by atoms with Crippen LogP contribution in [0.5, 0.6) is 5.75 Å². The molecule has 1 fully saturated rings. The Balaban J connectivity index is 1.43. The zero-order valence-electron chi connectivity index (χ0n) is 18.2. The number of nitrogens with zero attached hydrogens (tertiary/aromatic N) is 3. The van der Waals surface area contributed by atoms with Crippen LogP contribution in [0.25, 0.3) is 0 Å². The van der Waals surface area contributed by atoms with Crippen LogP contribution in [-0.4, -0.2) is 53.3 Å². The quantitative estimate of drug-likeness (QED) is 0.552. The van der Waals surface area contributed by atoms with Gasteiger partial charge in [-0.2, -0.15) is 0 Å². The summed E-state index contributed by atoms with van der Waals surface area (Å²) in [6, 6.07) is 7.19. The van der Waals surface area contributed by atoms with Gasteiger partial charge < -0.3 is 14.5 Å². The molecule has 1 aromatic carbocycles. The highest BCUT2D eigenvalue weighted by atomic mass is 35.5. The van der Waals surface area contributed by atoms with E-state index in [0.29, 0.717) is 24.7 Å². The third-order valence-corrected chi connectivity index (χ3v) is 6.65. The maximum atomic E-state index is 12.7. The number of amides is 2. The zero-order valence-corrected chi connectivity index (χ0v) is 19.8. The van der Waals surface area contributed by atoms with Crippen LogP contribution in [0.3, 0.4) is 0 Å². The maximum Gasteiger partial charge on any atom is 0.228 e. The Labute approximate surface area is 193 Å². The summed E-state index contributed by atoms with van der Waals surface area (Å²) in [4.78, 5) is 33.5. The predicted molar refractivity (Wildman–Crippen MR) is 123 cm³/mol. The number of hydrogen-bond donors (Lipinski definition) is 0. The van der Waals surface area contributed by atoms with Crippen LogP contribution in [0.15, 0.2) is 29.6 Å². The van der Waals surface area contributed by atoms with Crippen molar-refractivity contribution >= 4 is 34.8 Å². The van der Waals surface area contributed by atoms with Gasteiger partial charge in [0.25, 0.3) is 0 Å². The second-order valence-corrected chi connectivity index (χ2v) is 9.30. The maximum absolute atomic E-state index is 12.7. The van der Waals surface area contributed by atoms with Gasteiger partial charge >= 0.3 is 0 Å². The number of halogens is 1. The van der Waals surface area contributed by atoms with Crippen molar-refractivity contribution in [3.8, 4) is 5.75 Å². The third-order valence-electron chi connectivity index (χ3n) is 5.53. The minimum Gasteiger partial charge on any atom is -0.486 e. The molecule has 2 heterocycles. The molecule has 0 radical (unpaired) electrons. The fraction of sp³-hybridized carbons (Fsp3) is 0.522. The van der Waals surface area contributed by atoms with Gasteiger partial charge in [0.1, 0.15) is 17.4 Å². The molecule has 3 rings (SSSR count). The van der Waals surface area contributed by atoms with E-state index in [1.165, 1.54) is 11.3 Å². The molecule has 0 spiro atoms. The minimum absolute atomic E-state index is 0.0294. The summed E-state index contributed by atoms with van der Waals surface area (Å²) in [5.74, 6) is 1.04. The van der Waals surface area contributed by atoms with Crippen molar-refractivity contribution < 1.29 is 14.3 Å². The Morgan fingerprint density at radius 1 is 1.26 bits per heavy atom. The Bertz CT molecular complexity index is 863. The van der Waals surface area contributed by atoms with E-state index in [4.69, 9.17) is 16.3 Å². The zero-order chi connectivity index (χ0) is 22.2. The molecule has 2 amide bonds. The lowest BCUT2D eigenvalue weighted by atomic mass is 9.95. The van der Waals surface area contributed by atoms with E-state index < -0.39 is 0 Å². The molecule has 1 aliphatic rings. The van der Waals surface area contributed by atoms with E-state index in [2.05, 4.69) is 11.9 Å². The number of ether oxygens (including phenoxy) is 1. The average molecular weight is 464 g/mol. The van der Waals surface area contributed by atoms with E-state index in [-0.39, 0.29) is 24.2 Å². The van der Waals surface area contributed by atoms with Crippen molar-refractivity contribution in [3.63, 3.8) is 0 Å². The van der Waals surface area contributed by atoms with Crippen LogP contribution in [0.1, 0.15) is 43.3 Å². The number of unbranched alkanes of at least 4 members (excludes halogenated alkanes) is 1. The van der Waals surface area contributed by atoms with E-state index in [1.807, 2.05) is 34.4 Å². The molecule has 1 aromatic heterocycles. The highest BCUT2D eigenvalue weighted by Crippen LogP contribution is 2.22. The molecule has 8 heteroatoms. The van der Waals surface area contributed by atoms with E-state index in [9.17, 15) is 9.59 Å². The van der Waals surface area contributed by atoms with Crippen molar-refractivity contribution in [1.82, 2.24) is 14.8 Å². The highest BCUT2D eigenvalue weighted by Gasteiger charge is 2.29. The van der Waals surface area contributed by atoms with Crippen LogP contribution >= 0.6 is 22.9 Å². The summed E-state index contributed by atoms with van der Waals surface area (Å²) in [5.41, 5.74) is 0.766. The fourth-order valence-corrected chi connectivity index (χ4v) is 4.46.